The summed E-state index contributed by atoms with van der Waals surface area (Å²) in [6, 6.07) is 14.5. The number of pyridine rings is 1. The number of carbonyl (C=O) groups is 3. The van der Waals surface area contributed by atoms with Gasteiger partial charge in [0.1, 0.15) is 5.75 Å². The number of urea groups is 1. The highest BCUT2D eigenvalue weighted by molar-refractivity contribution is 6.08. The van der Waals surface area contributed by atoms with Crippen LogP contribution in [0.25, 0.3) is 22.6 Å². The third-order valence-corrected chi connectivity index (χ3v) is 5.83. The van der Waals surface area contributed by atoms with Crippen molar-refractivity contribution in [1.29, 1.82) is 0 Å². The van der Waals surface area contributed by atoms with E-state index < -0.39 is 24.0 Å². The van der Waals surface area contributed by atoms with Crippen molar-refractivity contribution >= 4 is 40.5 Å². The lowest BCUT2D eigenvalue weighted by molar-refractivity contribution is -0.127. The Morgan fingerprint density at radius 2 is 1.83 bits per heavy atom. The fourth-order valence-corrected chi connectivity index (χ4v) is 4.10. The predicted octanol–water partition coefficient (Wildman–Crippen LogP) is 4.12. The number of ether oxygens (including phenoxy) is 2. The minimum Gasteiger partial charge on any atom is -0.497 e. The molecular formula is C27H27N3O5. The van der Waals surface area contributed by atoms with Gasteiger partial charge >= 0.3 is 12.0 Å². The van der Waals surface area contributed by atoms with E-state index in [0.29, 0.717) is 29.4 Å². The van der Waals surface area contributed by atoms with E-state index in [1.165, 1.54) is 6.92 Å². The van der Waals surface area contributed by atoms with Crippen LogP contribution in [-0.2, 0) is 16.0 Å². The van der Waals surface area contributed by atoms with Crippen LogP contribution in [0.15, 0.2) is 48.5 Å². The average Bonchev–Trinajstić information content (AvgIpc) is 3.24. The summed E-state index contributed by atoms with van der Waals surface area (Å²) in [6.45, 7) is 3.54. The van der Waals surface area contributed by atoms with Crippen LogP contribution >= 0.6 is 0 Å². The third kappa shape index (κ3) is 5.16. The van der Waals surface area contributed by atoms with E-state index in [-0.39, 0.29) is 0 Å². The quantitative estimate of drug-likeness (QED) is 0.522. The van der Waals surface area contributed by atoms with Gasteiger partial charge in [-0.25, -0.2) is 14.6 Å². The Labute approximate surface area is 203 Å². The Bertz CT molecular complexity index is 1310. The molecule has 0 saturated carbocycles. The van der Waals surface area contributed by atoms with Crippen molar-refractivity contribution in [3.63, 3.8) is 0 Å². The molecule has 8 nitrogen and oxygen atoms in total. The van der Waals surface area contributed by atoms with Crippen molar-refractivity contribution in [3.8, 4) is 5.75 Å². The summed E-state index contributed by atoms with van der Waals surface area (Å²) in [5.74, 6) is -0.540. The summed E-state index contributed by atoms with van der Waals surface area (Å²) in [5, 5.41) is 5.31. The number of nitrogens with zero attached hydrogens (tertiary/aromatic N) is 1. The van der Waals surface area contributed by atoms with Crippen LogP contribution in [0.1, 0.15) is 47.4 Å². The molecule has 1 atom stereocenters. The van der Waals surface area contributed by atoms with Crippen LogP contribution < -0.4 is 15.4 Å². The molecule has 1 aromatic heterocycles. The molecule has 35 heavy (non-hydrogen) atoms. The number of fused-ring (bicyclic) bond motifs is 2. The van der Waals surface area contributed by atoms with Crippen LogP contribution in [0.3, 0.4) is 0 Å². The van der Waals surface area contributed by atoms with Gasteiger partial charge in [0.25, 0.3) is 5.91 Å². The number of allylic oxidation sites excluding steroid dienone is 1. The van der Waals surface area contributed by atoms with E-state index >= 15 is 0 Å². The third-order valence-electron chi connectivity index (χ3n) is 5.83. The lowest BCUT2D eigenvalue weighted by atomic mass is 10.0. The first-order chi connectivity index (χ1) is 16.9. The maximum Gasteiger partial charge on any atom is 0.339 e. The van der Waals surface area contributed by atoms with Crippen molar-refractivity contribution < 1.29 is 23.9 Å². The minimum absolute atomic E-state index is 0.370. The van der Waals surface area contributed by atoms with Crippen molar-refractivity contribution in [2.75, 3.05) is 13.7 Å². The smallest absolute Gasteiger partial charge is 0.339 e. The fraction of sp³-hybridized carbons (Fsp3) is 0.259. The van der Waals surface area contributed by atoms with Gasteiger partial charge in [-0.1, -0.05) is 30.3 Å². The number of hydrogen-bond donors (Lipinski definition) is 2. The molecule has 1 unspecified atom stereocenters. The monoisotopic (exact) mass is 473 g/mol. The number of amides is 3. The van der Waals surface area contributed by atoms with Crippen LogP contribution in [0.5, 0.6) is 5.75 Å². The number of methoxy groups -OCH3 is 1. The van der Waals surface area contributed by atoms with Crippen molar-refractivity contribution in [1.82, 2.24) is 15.6 Å². The molecule has 3 amide bonds. The molecule has 8 heteroatoms. The molecule has 1 aliphatic rings. The molecule has 0 aliphatic heterocycles. The number of imide groups is 1. The zero-order valence-electron chi connectivity index (χ0n) is 19.9. The van der Waals surface area contributed by atoms with E-state index in [1.54, 1.807) is 14.0 Å². The van der Waals surface area contributed by atoms with Gasteiger partial charge in [-0.3, -0.25) is 10.1 Å². The van der Waals surface area contributed by atoms with E-state index in [1.807, 2.05) is 48.5 Å². The number of para-hydroxylation sites is 1. The zero-order valence-corrected chi connectivity index (χ0v) is 19.9. The molecule has 2 aromatic carbocycles. The second-order valence-corrected chi connectivity index (χ2v) is 8.17. The molecule has 1 heterocycles. The standard InChI is InChI=1S/C27H27N3O5/c1-4-28-27(33)30-25(31)16(2)35-26(32)23-20-7-5-6-8-22(20)29-24-18(11-14-21(23)24)15-17-9-12-19(34-3)13-10-17/h5-10,12-13,15-16H,4,11,14H2,1-3H3,(H2,28,30,31,33). The Morgan fingerprint density at radius 1 is 1.09 bits per heavy atom. The normalized spacial score (nSPS) is 14.3. The van der Waals surface area contributed by atoms with Crippen LogP contribution in [-0.4, -0.2) is 42.7 Å². The van der Waals surface area contributed by atoms with E-state index in [9.17, 15) is 14.4 Å². The maximum absolute atomic E-state index is 13.3. The SMILES string of the molecule is CCNC(=O)NC(=O)C(C)OC(=O)c1c2c(nc3ccccc13)C(=Cc1ccc(OC)cc1)CC2. The highest BCUT2D eigenvalue weighted by Crippen LogP contribution is 2.38. The molecule has 0 saturated heterocycles. The van der Waals surface area contributed by atoms with Gasteiger partial charge in [0.05, 0.1) is 23.9 Å². The molecule has 4 rings (SSSR count). The van der Waals surface area contributed by atoms with E-state index in [0.717, 1.165) is 34.6 Å². The molecule has 0 bridgehead atoms. The number of carbonyl (C=O) groups excluding carboxylic acids is 3. The maximum atomic E-state index is 13.3. The summed E-state index contributed by atoms with van der Waals surface area (Å²) in [4.78, 5) is 42.1. The molecule has 180 valence electrons. The topological polar surface area (TPSA) is 107 Å². The van der Waals surface area contributed by atoms with Crippen LogP contribution in [0.2, 0.25) is 0 Å². The summed E-state index contributed by atoms with van der Waals surface area (Å²) in [7, 11) is 1.63. The molecule has 3 aromatic rings. The summed E-state index contributed by atoms with van der Waals surface area (Å²) < 4.78 is 10.7. The highest BCUT2D eigenvalue weighted by atomic mass is 16.5. The molecule has 0 spiro atoms. The van der Waals surface area contributed by atoms with Gasteiger partial charge in [0.15, 0.2) is 6.10 Å². The Kier molecular flexibility index (Phi) is 7.10. The van der Waals surface area contributed by atoms with Crippen LogP contribution in [0.4, 0.5) is 4.79 Å². The van der Waals surface area contributed by atoms with Gasteiger partial charge in [-0.2, -0.15) is 0 Å². The summed E-state index contributed by atoms with van der Waals surface area (Å²) >= 11 is 0. The van der Waals surface area contributed by atoms with Gasteiger partial charge in [-0.15, -0.1) is 0 Å². The largest absolute Gasteiger partial charge is 0.497 e. The molecule has 2 N–H and O–H groups in total. The van der Waals surface area contributed by atoms with E-state index in [4.69, 9.17) is 14.5 Å². The first kappa shape index (κ1) is 23.9. The number of hydrogen-bond acceptors (Lipinski definition) is 6. The van der Waals surface area contributed by atoms with Gasteiger partial charge < -0.3 is 14.8 Å². The van der Waals surface area contributed by atoms with Crippen molar-refractivity contribution in [2.24, 2.45) is 0 Å². The van der Waals surface area contributed by atoms with Crippen LogP contribution in [0, 0.1) is 0 Å². The summed E-state index contributed by atoms with van der Waals surface area (Å²) in [5.41, 5.74) is 4.65. The lowest BCUT2D eigenvalue weighted by Gasteiger charge is -2.16. The van der Waals surface area contributed by atoms with Gasteiger partial charge in [-0.05, 0) is 67.7 Å². The van der Waals surface area contributed by atoms with Gasteiger partial charge in [0, 0.05) is 11.9 Å². The number of esters is 1. The predicted molar refractivity (Wildman–Crippen MR) is 133 cm³/mol. The number of nitrogens with one attached hydrogen (secondary N) is 2. The molecular weight excluding hydrogens is 446 g/mol. The number of rotatable bonds is 6. The second-order valence-electron chi connectivity index (χ2n) is 8.17. The van der Waals surface area contributed by atoms with E-state index in [2.05, 4.69) is 16.7 Å². The first-order valence-corrected chi connectivity index (χ1v) is 11.5. The highest BCUT2D eigenvalue weighted by Gasteiger charge is 2.29. The molecule has 0 fully saturated rings. The first-order valence-electron chi connectivity index (χ1n) is 11.5. The van der Waals surface area contributed by atoms with Crippen molar-refractivity contribution in [3.05, 3.63) is 70.9 Å². The van der Waals surface area contributed by atoms with Crippen molar-refractivity contribution in [2.45, 2.75) is 32.8 Å². The molecule has 1 aliphatic carbocycles. The zero-order chi connectivity index (χ0) is 24.9. The number of benzene rings is 2. The fourth-order valence-electron chi connectivity index (χ4n) is 4.10. The Balaban J connectivity index is 1.67. The van der Waals surface area contributed by atoms with Gasteiger partial charge in [0.2, 0.25) is 0 Å². The lowest BCUT2D eigenvalue weighted by Crippen LogP contribution is -2.44. The molecule has 0 radical (unpaired) electrons. The average molecular weight is 474 g/mol. The Hall–Kier alpha value is -4.20. The number of aromatic nitrogens is 1. The second kappa shape index (κ2) is 10.4. The summed E-state index contributed by atoms with van der Waals surface area (Å²) in [6.07, 6.45) is 2.25. The Morgan fingerprint density at radius 3 is 2.54 bits per heavy atom. The minimum atomic E-state index is -1.15.